The van der Waals surface area contributed by atoms with E-state index in [2.05, 4.69) is 9.97 Å². The van der Waals surface area contributed by atoms with Gasteiger partial charge in [-0.1, -0.05) is 18.2 Å². The van der Waals surface area contributed by atoms with Gasteiger partial charge in [0.1, 0.15) is 0 Å². The van der Waals surface area contributed by atoms with Gasteiger partial charge in [-0.2, -0.15) is 0 Å². The molecule has 0 spiro atoms. The number of benzene rings is 1. The molecule has 16 heavy (non-hydrogen) atoms. The number of hydrogen-bond acceptors (Lipinski definition) is 2. The summed E-state index contributed by atoms with van der Waals surface area (Å²) in [6.45, 7) is 1.94. The van der Waals surface area contributed by atoms with Gasteiger partial charge < -0.3 is 10.1 Å². The van der Waals surface area contributed by atoms with Crippen molar-refractivity contribution in [3.05, 3.63) is 41.9 Å². The summed E-state index contributed by atoms with van der Waals surface area (Å²) in [7, 11) is 0. The standard InChI is InChI=1S/C12H12N2O2/c1-8-12(14-7-13-8)10-4-2-3-9(5-10)6-11(15)16/h2-5,7H,6H2,1H3,(H,13,14)(H,15,16). The predicted molar refractivity (Wildman–Crippen MR) is 60.1 cm³/mol. The summed E-state index contributed by atoms with van der Waals surface area (Å²) in [5, 5.41) is 8.72. The van der Waals surface area contributed by atoms with Crippen LogP contribution in [0.15, 0.2) is 30.6 Å². The predicted octanol–water partition coefficient (Wildman–Crippen LogP) is 2.01. The third-order valence-corrected chi connectivity index (χ3v) is 2.39. The maximum atomic E-state index is 10.6. The topological polar surface area (TPSA) is 66.0 Å². The number of nitrogens with one attached hydrogen (secondary N) is 1. The average molecular weight is 216 g/mol. The van der Waals surface area contributed by atoms with Gasteiger partial charge in [0.2, 0.25) is 0 Å². The number of rotatable bonds is 3. The molecule has 0 atom stereocenters. The number of carbonyl (C=O) groups is 1. The van der Waals surface area contributed by atoms with Crippen LogP contribution in [0.1, 0.15) is 11.3 Å². The van der Waals surface area contributed by atoms with Gasteiger partial charge in [0.15, 0.2) is 0 Å². The van der Waals surface area contributed by atoms with Crippen molar-refractivity contribution in [3.8, 4) is 11.3 Å². The summed E-state index contributed by atoms with van der Waals surface area (Å²) in [4.78, 5) is 17.8. The molecule has 2 rings (SSSR count). The van der Waals surface area contributed by atoms with E-state index in [9.17, 15) is 4.79 Å². The first-order valence-electron chi connectivity index (χ1n) is 4.98. The van der Waals surface area contributed by atoms with E-state index >= 15 is 0 Å². The average Bonchev–Trinajstić information content (AvgIpc) is 2.64. The Bertz CT molecular complexity index is 517. The van der Waals surface area contributed by atoms with Crippen molar-refractivity contribution in [2.45, 2.75) is 13.3 Å². The normalized spacial score (nSPS) is 10.3. The third-order valence-electron chi connectivity index (χ3n) is 2.39. The van der Waals surface area contributed by atoms with Crippen LogP contribution in [0, 0.1) is 6.92 Å². The molecular formula is C12H12N2O2. The highest BCUT2D eigenvalue weighted by Crippen LogP contribution is 2.20. The summed E-state index contributed by atoms with van der Waals surface area (Å²) in [5.41, 5.74) is 3.57. The fourth-order valence-electron chi connectivity index (χ4n) is 1.65. The van der Waals surface area contributed by atoms with Crippen LogP contribution in [0.2, 0.25) is 0 Å². The van der Waals surface area contributed by atoms with E-state index in [1.165, 1.54) is 0 Å². The van der Waals surface area contributed by atoms with Gasteiger partial charge in [-0.3, -0.25) is 4.79 Å². The number of hydrogen-bond donors (Lipinski definition) is 2. The Morgan fingerprint density at radius 3 is 2.94 bits per heavy atom. The Balaban J connectivity index is 2.36. The number of aliphatic carboxylic acids is 1. The highest BCUT2D eigenvalue weighted by Gasteiger charge is 2.06. The zero-order valence-corrected chi connectivity index (χ0v) is 8.90. The van der Waals surface area contributed by atoms with E-state index in [1.54, 1.807) is 12.4 Å². The monoisotopic (exact) mass is 216 g/mol. The number of H-pyrrole nitrogens is 1. The summed E-state index contributed by atoms with van der Waals surface area (Å²) >= 11 is 0. The van der Waals surface area contributed by atoms with Crippen molar-refractivity contribution in [1.82, 2.24) is 9.97 Å². The van der Waals surface area contributed by atoms with Crippen LogP contribution in [0.5, 0.6) is 0 Å². The molecule has 0 bridgehead atoms. The minimum Gasteiger partial charge on any atom is -0.481 e. The first-order chi connectivity index (χ1) is 7.66. The maximum Gasteiger partial charge on any atom is 0.307 e. The number of aryl methyl sites for hydroxylation is 1. The molecule has 2 N–H and O–H groups in total. The first-order valence-corrected chi connectivity index (χ1v) is 4.98. The number of carboxylic acids is 1. The third kappa shape index (κ3) is 2.11. The second-order valence-electron chi connectivity index (χ2n) is 3.65. The minimum atomic E-state index is -0.823. The van der Waals surface area contributed by atoms with Crippen molar-refractivity contribution in [2.24, 2.45) is 0 Å². The number of aromatic nitrogens is 2. The fraction of sp³-hybridized carbons (Fsp3) is 0.167. The molecule has 0 unspecified atom stereocenters. The molecule has 0 aliphatic carbocycles. The fourth-order valence-corrected chi connectivity index (χ4v) is 1.65. The summed E-state index contributed by atoms with van der Waals surface area (Å²) in [6.07, 6.45) is 1.67. The number of aromatic amines is 1. The number of carboxylic acid groups (broad SMARTS) is 1. The molecule has 4 nitrogen and oxygen atoms in total. The van der Waals surface area contributed by atoms with Crippen molar-refractivity contribution < 1.29 is 9.90 Å². The van der Waals surface area contributed by atoms with Gasteiger partial charge in [-0.25, -0.2) is 4.98 Å². The van der Waals surface area contributed by atoms with Gasteiger partial charge in [-0.05, 0) is 18.6 Å². The minimum absolute atomic E-state index is 0.0390. The van der Waals surface area contributed by atoms with Crippen LogP contribution in [-0.4, -0.2) is 21.0 Å². The molecular weight excluding hydrogens is 204 g/mol. The van der Waals surface area contributed by atoms with Crippen molar-refractivity contribution in [2.75, 3.05) is 0 Å². The van der Waals surface area contributed by atoms with Gasteiger partial charge in [-0.15, -0.1) is 0 Å². The molecule has 82 valence electrons. The van der Waals surface area contributed by atoms with Crippen LogP contribution in [0.3, 0.4) is 0 Å². The zero-order valence-electron chi connectivity index (χ0n) is 8.90. The maximum absolute atomic E-state index is 10.6. The first kappa shape index (κ1) is 10.4. The lowest BCUT2D eigenvalue weighted by atomic mass is 10.1. The van der Waals surface area contributed by atoms with E-state index in [0.717, 1.165) is 22.5 Å². The van der Waals surface area contributed by atoms with Crippen LogP contribution in [0.4, 0.5) is 0 Å². The number of imidazole rings is 1. The molecule has 0 aliphatic rings. The molecule has 1 aromatic heterocycles. The molecule has 0 amide bonds. The molecule has 4 heteroatoms. The van der Waals surface area contributed by atoms with E-state index in [0.29, 0.717) is 0 Å². The molecule has 1 aromatic carbocycles. The van der Waals surface area contributed by atoms with Crippen molar-refractivity contribution in [1.29, 1.82) is 0 Å². The van der Waals surface area contributed by atoms with Gasteiger partial charge in [0.05, 0.1) is 18.4 Å². The number of nitrogens with zero attached hydrogens (tertiary/aromatic N) is 1. The quantitative estimate of drug-likeness (QED) is 0.824. The second kappa shape index (κ2) is 4.18. The van der Waals surface area contributed by atoms with Crippen LogP contribution >= 0.6 is 0 Å². The van der Waals surface area contributed by atoms with Crippen LogP contribution in [0.25, 0.3) is 11.3 Å². The molecule has 0 aliphatic heterocycles. The van der Waals surface area contributed by atoms with Crippen molar-refractivity contribution >= 4 is 5.97 Å². The Hall–Kier alpha value is -2.10. The lowest BCUT2D eigenvalue weighted by Crippen LogP contribution is -1.99. The summed E-state index contributed by atoms with van der Waals surface area (Å²) < 4.78 is 0. The molecule has 0 fully saturated rings. The SMILES string of the molecule is Cc1[nH]cnc1-c1cccc(CC(=O)O)c1. The lowest BCUT2D eigenvalue weighted by Gasteiger charge is -2.02. The summed E-state index contributed by atoms with van der Waals surface area (Å²) in [5.74, 6) is -0.823. The Morgan fingerprint density at radius 1 is 1.50 bits per heavy atom. The largest absolute Gasteiger partial charge is 0.481 e. The molecule has 0 radical (unpaired) electrons. The Kier molecular flexibility index (Phi) is 2.72. The second-order valence-corrected chi connectivity index (χ2v) is 3.65. The molecule has 0 saturated heterocycles. The van der Waals surface area contributed by atoms with Gasteiger partial charge >= 0.3 is 5.97 Å². The Morgan fingerprint density at radius 2 is 2.31 bits per heavy atom. The lowest BCUT2D eigenvalue weighted by molar-refractivity contribution is -0.136. The molecule has 1 heterocycles. The molecule has 0 saturated carbocycles. The van der Waals surface area contributed by atoms with Crippen molar-refractivity contribution in [3.63, 3.8) is 0 Å². The highest BCUT2D eigenvalue weighted by molar-refractivity contribution is 5.71. The smallest absolute Gasteiger partial charge is 0.307 e. The van der Waals surface area contributed by atoms with E-state index in [1.807, 2.05) is 25.1 Å². The van der Waals surface area contributed by atoms with Crippen LogP contribution in [-0.2, 0) is 11.2 Å². The molecule has 2 aromatic rings. The Labute approximate surface area is 93.0 Å². The van der Waals surface area contributed by atoms with E-state index in [-0.39, 0.29) is 6.42 Å². The van der Waals surface area contributed by atoms with Crippen LogP contribution < -0.4 is 0 Å². The van der Waals surface area contributed by atoms with Gasteiger partial charge in [0, 0.05) is 11.3 Å². The van der Waals surface area contributed by atoms with E-state index in [4.69, 9.17) is 5.11 Å². The van der Waals surface area contributed by atoms with Gasteiger partial charge in [0.25, 0.3) is 0 Å². The highest BCUT2D eigenvalue weighted by atomic mass is 16.4. The zero-order chi connectivity index (χ0) is 11.5. The van der Waals surface area contributed by atoms with E-state index < -0.39 is 5.97 Å². The summed E-state index contributed by atoms with van der Waals surface area (Å²) in [6, 6.07) is 7.44.